The van der Waals surface area contributed by atoms with E-state index in [0.29, 0.717) is 0 Å². The first kappa shape index (κ1) is 20.1. The van der Waals surface area contributed by atoms with Crippen LogP contribution in [0.25, 0.3) is 0 Å². The van der Waals surface area contributed by atoms with E-state index in [1.54, 1.807) is 0 Å². The van der Waals surface area contributed by atoms with E-state index in [0.717, 1.165) is 69.6 Å². The van der Waals surface area contributed by atoms with Crippen molar-refractivity contribution >= 4 is 11.7 Å². The van der Waals surface area contributed by atoms with E-state index in [2.05, 4.69) is 17.0 Å². The molecule has 4 heteroatoms. The molecule has 0 aromatic heterocycles. The number of benzene rings is 1. The molecule has 1 aromatic rings. The Kier molecular flexibility index (Phi) is 6.69. The molecule has 1 fully saturated rings. The number of carbonyl (C=O) groups excluding carboxylic acids is 2. The molecule has 0 spiro atoms. The Morgan fingerprint density at radius 1 is 1.07 bits per heavy atom. The number of carbonyl (C=O) groups is 2. The summed E-state index contributed by atoms with van der Waals surface area (Å²) in [5.74, 6) is 1.02. The van der Waals surface area contributed by atoms with E-state index in [-0.39, 0.29) is 23.5 Å². The number of hydrogen-bond acceptors (Lipinski definition) is 3. The van der Waals surface area contributed by atoms with E-state index < -0.39 is 0 Å². The average Bonchev–Trinajstić information content (AvgIpc) is 2.87. The van der Waals surface area contributed by atoms with Gasteiger partial charge in [0.05, 0.1) is 0 Å². The van der Waals surface area contributed by atoms with Gasteiger partial charge in [-0.15, -0.1) is 0 Å². The maximum atomic E-state index is 12.3. The summed E-state index contributed by atoms with van der Waals surface area (Å²) in [4.78, 5) is 26.2. The topological polar surface area (TPSA) is 63.4 Å². The van der Waals surface area contributed by atoms with Crippen molar-refractivity contribution in [2.75, 3.05) is 19.6 Å². The number of nitrogens with two attached hydrogens (primary N) is 1. The van der Waals surface area contributed by atoms with Crippen molar-refractivity contribution < 1.29 is 9.59 Å². The number of fused-ring (bicyclic) bond motifs is 1. The predicted molar refractivity (Wildman–Crippen MR) is 109 cm³/mol. The van der Waals surface area contributed by atoms with Crippen LogP contribution in [0.3, 0.4) is 0 Å². The summed E-state index contributed by atoms with van der Waals surface area (Å²) in [6, 6.07) is 6.31. The SMILES string of the molecule is CC(C)C(=O)c1ccc2c(c1)CCN(CCC1CCC(C(N)=O)CC1)CC2. The van der Waals surface area contributed by atoms with Gasteiger partial charge in [-0.25, -0.2) is 0 Å². The lowest BCUT2D eigenvalue weighted by molar-refractivity contribution is -0.123. The molecule has 1 saturated carbocycles. The van der Waals surface area contributed by atoms with Crippen LogP contribution in [0.2, 0.25) is 0 Å². The molecule has 2 N–H and O–H groups in total. The number of primary amides is 1. The van der Waals surface area contributed by atoms with Gasteiger partial charge in [0.25, 0.3) is 0 Å². The number of nitrogens with zero attached hydrogens (tertiary/aromatic N) is 1. The second kappa shape index (κ2) is 9.01. The lowest BCUT2D eigenvalue weighted by atomic mass is 9.80. The van der Waals surface area contributed by atoms with E-state index in [1.807, 2.05) is 19.9 Å². The predicted octanol–water partition coefficient (Wildman–Crippen LogP) is 3.61. The average molecular weight is 371 g/mol. The van der Waals surface area contributed by atoms with Crippen LogP contribution in [0.15, 0.2) is 18.2 Å². The molecule has 1 aliphatic carbocycles. The Bertz CT molecular complexity index is 675. The quantitative estimate of drug-likeness (QED) is 0.778. The van der Waals surface area contributed by atoms with Crippen LogP contribution in [0.4, 0.5) is 0 Å². The summed E-state index contributed by atoms with van der Waals surface area (Å²) in [6.07, 6.45) is 7.54. The first-order valence-corrected chi connectivity index (χ1v) is 10.6. The van der Waals surface area contributed by atoms with Crippen LogP contribution in [0.5, 0.6) is 0 Å². The molecule has 1 aromatic carbocycles. The first-order valence-electron chi connectivity index (χ1n) is 10.6. The van der Waals surface area contributed by atoms with Crippen molar-refractivity contribution in [2.45, 2.75) is 58.8 Å². The zero-order chi connectivity index (χ0) is 19.4. The van der Waals surface area contributed by atoms with Crippen LogP contribution in [-0.2, 0) is 17.6 Å². The van der Waals surface area contributed by atoms with Gasteiger partial charge in [-0.05, 0) is 74.6 Å². The molecule has 0 saturated heterocycles. The van der Waals surface area contributed by atoms with E-state index >= 15 is 0 Å². The fourth-order valence-corrected chi connectivity index (χ4v) is 4.58. The fraction of sp³-hybridized carbons (Fsp3) is 0.652. The van der Waals surface area contributed by atoms with Gasteiger partial charge >= 0.3 is 0 Å². The largest absolute Gasteiger partial charge is 0.369 e. The Morgan fingerprint density at radius 2 is 1.74 bits per heavy atom. The summed E-state index contributed by atoms with van der Waals surface area (Å²) in [7, 11) is 0. The highest BCUT2D eigenvalue weighted by atomic mass is 16.1. The molecule has 0 atom stereocenters. The highest BCUT2D eigenvalue weighted by Gasteiger charge is 2.25. The maximum absolute atomic E-state index is 12.3. The minimum Gasteiger partial charge on any atom is -0.369 e. The Morgan fingerprint density at radius 3 is 2.37 bits per heavy atom. The Hall–Kier alpha value is -1.68. The summed E-state index contributed by atoms with van der Waals surface area (Å²) in [5.41, 5.74) is 9.06. The molecule has 1 aliphatic heterocycles. The van der Waals surface area contributed by atoms with Crippen molar-refractivity contribution in [3.05, 3.63) is 34.9 Å². The zero-order valence-electron chi connectivity index (χ0n) is 16.9. The summed E-state index contributed by atoms with van der Waals surface area (Å²) in [6.45, 7) is 7.24. The van der Waals surface area contributed by atoms with Gasteiger partial charge in [-0.3, -0.25) is 9.59 Å². The number of Topliss-reactive ketones (excluding diaryl/α,β-unsaturated/α-hetero) is 1. The second-order valence-corrected chi connectivity index (χ2v) is 8.75. The monoisotopic (exact) mass is 370 g/mol. The summed E-state index contributed by atoms with van der Waals surface area (Å²) >= 11 is 0. The van der Waals surface area contributed by atoms with Crippen LogP contribution in [-0.4, -0.2) is 36.2 Å². The molecule has 1 heterocycles. The Balaban J connectivity index is 1.50. The van der Waals surface area contributed by atoms with Gasteiger partial charge in [0.1, 0.15) is 0 Å². The third kappa shape index (κ3) is 5.19. The normalized spacial score (nSPS) is 23.7. The number of rotatable bonds is 6. The fourth-order valence-electron chi connectivity index (χ4n) is 4.58. The molecule has 4 nitrogen and oxygen atoms in total. The van der Waals surface area contributed by atoms with Crippen LogP contribution in [0, 0.1) is 17.8 Å². The standard InChI is InChI=1S/C23H34N2O2/c1-16(2)22(26)21-8-7-18-10-13-25(14-11-20(18)15-21)12-9-17-3-5-19(6-4-17)23(24)27/h7-8,15-17,19H,3-6,9-14H2,1-2H3,(H2,24,27). The molecule has 0 unspecified atom stereocenters. The molecule has 3 rings (SSSR count). The highest BCUT2D eigenvalue weighted by Crippen LogP contribution is 2.31. The van der Waals surface area contributed by atoms with Gasteiger partial charge in [0, 0.05) is 30.5 Å². The van der Waals surface area contributed by atoms with Gasteiger partial charge in [0.15, 0.2) is 5.78 Å². The van der Waals surface area contributed by atoms with Crippen LogP contribution in [0.1, 0.15) is 67.4 Å². The number of amides is 1. The third-order valence-corrected chi connectivity index (χ3v) is 6.51. The van der Waals surface area contributed by atoms with Crippen molar-refractivity contribution in [1.82, 2.24) is 4.90 Å². The van der Waals surface area contributed by atoms with Crippen molar-refractivity contribution in [2.24, 2.45) is 23.5 Å². The van der Waals surface area contributed by atoms with Gasteiger partial charge in [0.2, 0.25) is 5.91 Å². The third-order valence-electron chi connectivity index (χ3n) is 6.51. The molecule has 0 radical (unpaired) electrons. The number of ketones is 1. The lowest BCUT2D eigenvalue weighted by Crippen LogP contribution is -2.31. The van der Waals surface area contributed by atoms with Crippen LogP contribution < -0.4 is 5.73 Å². The van der Waals surface area contributed by atoms with Crippen molar-refractivity contribution in [3.8, 4) is 0 Å². The summed E-state index contributed by atoms with van der Waals surface area (Å²) in [5, 5.41) is 0. The van der Waals surface area contributed by atoms with Gasteiger partial charge < -0.3 is 10.6 Å². The van der Waals surface area contributed by atoms with E-state index in [1.165, 1.54) is 17.5 Å². The van der Waals surface area contributed by atoms with Crippen molar-refractivity contribution in [3.63, 3.8) is 0 Å². The minimum absolute atomic E-state index is 0.0509. The highest BCUT2D eigenvalue weighted by molar-refractivity contribution is 5.97. The molecule has 27 heavy (non-hydrogen) atoms. The molecule has 0 bridgehead atoms. The molecule has 2 aliphatic rings. The van der Waals surface area contributed by atoms with E-state index in [9.17, 15) is 9.59 Å². The van der Waals surface area contributed by atoms with E-state index in [4.69, 9.17) is 5.73 Å². The minimum atomic E-state index is -0.117. The molecule has 1 amide bonds. The van der Waals surface area contributed by atoms with Gasteiger partial charge in [-0.2, -0.15) is 0 Å². The molecular weight excluding hydrogens is 336 g/mol. The Labute approximate surface area is 163 Å². The smallest absolute Gasteiger partial charge is 0.220 e. The van der Waals surface area contributed by atoms with Crippen LogP contribution >= 0.6 is 0 Å². The maximum Gasteiger partial charge on any atom is 0.220 e. The lowest BCUT2D eigenvalue weighted by Gasteiger charge is -2.29. The van der Waals surface area contributed by atoms with Gasteiger partial charge in [-0.1, -0.05) is 26.0 Å². The van der Waals surface area contributed by atoms with Crippen molar-refractivity contribution in [1.29, 1.82) is 0 Å². The molecular formula is C23H34N2O2. The summed E-state index contributed by atoms with van der Waals surface area (Å²) < 4.78 is 0. The second-order valence-electron chi connectivity index (χ2n) is 8.75. The number of hydrogen-bond donors (Lipinski definition) is 1. The molecule has 148 valence electrons. The first-order chi connectivity index (χ1) is 12.9. The zero-order valence-corrected chi connectivity index (χ0v) is 16.9.